The average Bonchev–Trinajstić information content (AvgIpc) is 2.55. The molecule has 3 aromatic rings. The van der Waals surface area contributed by atoms with Crippen LogP contribution < -0.4 is 5.32 Å². The van der Waals surface area contributed by atoms with Gasteiger partial charge >= 0.3 is 0 Å². The normalized spacial score (nSPS) is 10.7. The molecular weight excluding hydrogens is 372 g/mol. The fourth-order valence-corrected chi connectivity index (χ4v) is 3.61. The number of halogens is 1. The molecule has 2 aromatic carbocycles. The summed E-state index contributed by atoms with van der Waals surface area (Å²) < 4.78 is 1.01. The van der Waals surface area contributed by atoms with Crippen LogP contribution in [0.15, 0.2) is 64.1 Å². The molecule has 1 heterocycles. The van der Waals surface area contributed by atoms with Gasteiger partial charge in [0.15, 0.2) is 0 Å². The Morgan fingerprint density at radius 2 is 2.04 bits per heavy atom. The first-order chi connectivity index (χ1) is 11.1. The Balaban J connectivity index is 1.69. The summed E-state index contributed by atoms with van der Waals surface area (Å²) in [6.45, 7) is 1.98. The Morgan fingerprint density at radius 1 is 1.22 bits per heavy atom. The second kappa shape index (κ2) is 7.15. The summed E-state index contributed by atoms with van der Waals surface area (Å²) >= 11 is 4.95. The van der Waals surface area contributed by atoms with Gasteiger partial charge in [0.2, 0.25) is 5.91 Å². The second-order valence-corrected chi connectivity index (χ2v) is 7.06. The molecule has 0 spiro atoms. The van der Waals surface area contributed by atoms with Crippen LogP contribution in [-0.4, -0.2) is 16.6 Å². The van der Waals surface area contributed by atoms with Gasteiger partial charge < -0.3 is 5.32 Å². The van der Waals surface area contributed by atoms with Gasteiger partial charge in [0.05, 0.1) is 11.3 Å². The van der Waals surface area contributed by atoms with E-state index in [9.17, 15) is 4.79 Å². The van der Waals surface area contributed by atoms with E-state index in [1.54, 1.807) is 6.20 Å². The highest BCUT2D eigenvalue weighted by molar-refractivity contribution is 9.10. The molecule has 23 heavy (non-hydrogen) atoms. The zero-order valence-corrected chi connectivity index (χ0v) is 14.9. The Labute approximate surface area is 147 Å². The molecule has 0 radical (unpaired) electrons. The van der Waals surface area contributed by atoms with Gasteiger partial charge in [0.1, 0.15) is 0 Å². The zero-order chi connectivity index (χ0) is 16.2. The molecule has 1 aromatic heterocycles. The molecule has 0 saturated heterocycles. The standard InChI is InChI=1S/C18H15BrN2OS/c1-12-10-13(19)6-7-15(12)21-18(22)11-23-17-8-9-20-16-5-3-2-4-14(16)17/h2-10H,11H2,1H3,(H,21,22). The number of amides is 1. The second-order valence-electron chi connectivity index (χ2n) is 5.12. The third-order valence-electron chi connectivity index (χ3n) is 3.43. The number of carbonyl (C=O) groups is 1. The molecule has 116 valence electrons. The third-order valence-corrected chi connectivity index (χ3v) is 5.00. The van der Waals surface area contributed by atoms with Crippen molar-refractivity contribution in [3.63, 3.8) is 0 Å². The fourth-order valence-electron chi connectivity index (χ4n) is 2.29. The number of anilines is 1. The number of hydrogen-bond acceptors (Lipinski definition) is 3. The van der Waals surface area contributed by atoms with Crippen molar-refractivity contribution in [3.05, 3.63) is 64.8 Å². The summed E-state index contributed by atoms with van der Waals surface area (Å²) in [6.07, 6.45) is 1.78. The van der Waals surface area contributed by atoms with E-state index in [1.165, 1.54) is 11.8 Å². The number of nitrogens with one attached hydrogen (secondary N) is 1. The van der Waals surface area contributed by atoms with E-state index in [2.05, 4.69) is 26.2 Å². The highest BCUT2D eigenvalue weighted by Crippen LogP contribution is 2.27. The number of hydrogen-bond donors (Lipinski definition) is 1. The maximum Gasteiger partial charge on any atom is 0.234 e. The van der Waals surface area contributed by atoms with Crippen molar-refractivity contribution < 1.29 is 4.79 Å². The minimum absolute atomic E-state index is 0.0127. The molecule has 0 unspecified atom stereocenters. The van der Waals surface area contributed by atoms with Crippen LogP contribution >= 0.6 is 27.7 Å². The first-order valence-corrected chi connectivity index (χ1v) is 8.94. The average molecular weight is 387 g/mol. The topological polar surface area (TPSA) is 42.0 Å². The van der Waals surface area contributed by atoms with Gasteiger partial charge in [-0.3, -0.25) is 9.78 Å². The molecule has 0 atom stereocenters. The Hall–Kier alpha value is -1.85. The lowest BCUT2D eigenvalue weighted by Crippen LogP contribution is -2.14. The van der Waals surface area contributed by atoms with E-state index in [1.807, 2.05) is 55.5 Å². The van der Waals surface area contributed by atoms with Crippen LogP contribution in [0.4, 0.5) is 5.69 Å². The highest BCUT2D eigenvalue weighted by Gasteiger charge is 2.08. The Bertz CT molecular complexity index is 861. The van der Waals surface area contributed by atoms with Crippen LogP contribution in [0.2, 0.25) is 0 Å². The first-order valence-electron chi connectivity index (χ1n) is 7.16. The van der Waals surface area contributed by atoms with Crippen molar-refractivity contribution >= 4 is 50.2 Å². The summed E-state index contributed by atoms with van der Waals surface area (Å²) in [5.41, 5.74) is 2.83. The smallest absolute Gasteiger partial charge is 0.234 e. The van der Waals surface area contributed by atoms with Crippen molar-refractivity contribution in [2.45, 2.75) is 11.8 Å². The van der Waals surface area contributed by atoms with E-state index >= 15 is 0 Å². The van der Waals surface area contributed by atoms with Gasteiger partial charge in [-0.15, -0.1) is 11.8 Å². The van der Waals surface area contributed by atoms with Gasteiger partial charge in [-0.05, 0) is 42.8 Å². The highest BCUT2D eigenvalue weighted by atomic mass is 79.9. The monoisotopic (exact) mass is 386 g/mol. The molecule has 1 amide bonds. The summed E-state index contributed by atoms with van der Waals surface area (Å²) in [4.78, 5) is 17.6. The van der Waals surface area contributed by atoms with Crippen LogP contribution in [0.3, 0.4) is 0 Å². The van der Waals surface area contributed by atoms with Crippen molar-refractivity contribution in [2.75, 3.05) is 11.1 Å². The number of fused-ring (bicyclic) bond motifs is 1. The minimum Gasteiger partial charge on any atom is -0.325 e. The molecular formula is C18H15BrN2OS. The van der Waals surface area contributed by atoms with Gasteiger partial charge in [0.25, 0.3) is 0 Å². The van der Waals surface area contributed by atoms with Crippen molar-refractivity contribution in [3.8, 4) is 0 Å². The Morgan fingerprint density at radius 3 is 2.87 bits per heavy atom. The molecule has 3 rings (SSSR count). The molecule has 1 N–H and O–H groups in total. The summed E-state index contributed by atoms with van der Waals surface area (Å²) in [5, 5.41) is 4.04. The number of pyridine rings is 1. The van der Waals surface area contributed by atoms with Gasteiger partial charge in [-0.25, -0.2) is 0 Å². The third kappa shape index (κ3) is 3.92. The molecule has 0 fully saturated rings. The molecule has 0 aliphatic rings. The largest absolute Gasteiger partial charge is 0.325 e. The van der Waals surface area contributed by atoms with E-state index < -0.39 is 0 Å². The van der Waals surface area contributed by atoms with E-state index in [-0.39, 0.29) is 5.91 Å². The number of para-hydroxylation sites is 1. The number of benzene rings is 2. The van der Waals surface area contributed by atoms with Crippen LogP contribution in [-0.2, 0) is 4.79 Å². The lowest BCUT2D eigenvalue weighted by atomic mass is 10.2. The number of thioether (sulfide) groups is 1. The van der Waals surface area contributed by atoms with E-state index in [0.29, 0.717) is 5.75 Å². The van der Waals surface area contributed by atoms with E-state index in [4.69, 9.17) is 0 Å². The number of aryl methyl sites for hydroxylation is 1. The maximum atomic E-state index is 12.2. The van der Waals surface area contributed by atoms with Crippen LogP contribution in [0.1, 0.15) is 5.56 Å². The van der Waals surface area contributed by atoms with Crippen molar-refractivity contribution in [1.29, 1.82) is 0 Å². The van der Waals surface area contributed by atoms with Crippen molar-refractivity contribution in [1.82, 2.24) is 4.98 Å². The minimum atomic E-state index is -0.0127. The number of nitrogens with zero attached hydrogens (tertiary/aromatic N) is 1. The zero-order valence-electron chi connectivity index (χ0n) is 12.5. The molecule has 0 bridgehead atoms. The number of carbonyl (C=O) groups excluding carboxylic acids is 1. The summed E-state index contributed by atoms with van der Waals surface area (Å²) in [5.74, 6) is 0.352. The predicted octanol–water partition coefficient (Wildman–Crippen LogP) is 5.04. The van der Waals surface area contributed by atoms with Crippen LogP contribution in [0.5, 0.6) is 0 Å². The van der Waals surface area contributed by atoms with Crippen LogP contribution in [0, 0.1) is 6.92 Å². The molecule has 5 heteroatoms. The number of aromatic nitrogens is 1. The Kier molecular flexibility index (Phi) is 4.98. The predicted molar refractivity (Wildman–Crippen MR) is 100.0 cm³/mol. The molecule has 3 nitrogen and oxygen atoms in total. The molecule has 0 aliphatic carbocycles. The SMILES string of the molecule is Cc1cc(Br)ccc1NC(=O)CSc1ccnc2ccccc12. The maximum absolute atomic E-state index is 12.2. The quantitative estimate of drug-likeness (QED) is 0.638. The van der Waals surface area contributed by atoms with Gasteiger partial charge in [0, 0.05) is 26.6 Å². The van der Waals surface area contributed by atoms with Gasteiger partial charge in [-0.1, -0.05) is 34.1 Å². The summed E-state index contributed by atoms with van der Waals surface area (Å²) in [7, 11) is 0. The fraction of sp³-hybridized carbons (Fsp3) is 0.111. The molecule has 0 aliphatic heterocycles. The molecule has 0 saturated carbocycles. The lowest BCUT2D eigenvalue weighted by molar-refractivity contribution is -0.113. The van der Waals surface area contributed by atoms with Crippen LogP contribution in [0.25, 0.3) is 10.9 Å². The van der Waals surface area contributed by atoms with Gasteiger partial charge in [-0.2, -0.15) is 0 Å². The first kappa shape index (κ1) is 16.0. The van der Waals surface area contributed by atoms with E-state index in [0.717, 1.165) is 31.5 Å². The van der Waals surface area contributed by atoms with Crippen molar-refractivity contribution in [2.24, 2.45) is 0 Å². The number of rotatable bonds is 4. The lowest BCUT2D eigenvalue weighted by Gasteiger charge is -2.09. The summed E-state index contributed by atoms with van der Waals surface area (Å²) in [6, 6.07) is 15.7.